The second kappa shape index (κ2) is 4.59. The van der Waals surface area contributed by atoms with E-state index in [1.54, 1.807) is 0 Å². The molecule has 0 saturated heterocycles. The van der Waals surface area contributed by atoms with Gasteiger partial charge in [0, 0.05) is 18.1 Å². The summed E-state index contributed by atoms with van der Waals surface area (Å²) >= 11 is 0. The van der Waals surface area contributed by atoms with Gasteiger partial charge in [-0.25, -0.2) is 0 Å². The minimum Gasteiger partial charge on any atom is -0.508 e. The Balaban J connectivity index is 2.90. The van der Waals surface area contributed by atoms with Crippen molar-refractivity contribution in [3.8, 4) is 5.75 Å². The standard InChI is InChI=1S/C11H12O4/c1-7(12)9-3-4-11(14)10(5-9)6-15-8(2)13/h3-5,14H,6H2,1-2H3. The molecule has 0 fully saturated rings. The van der Waals surface area contributed by atoms with E-state index in [0.29, 0.717) is 11.1 Å². The third-order valence-electron chi connectivity index (χ3n) is 1.92. The second-order valence-electron chi connectivity index (χ2n) is 3.18. The molecule has 15 heavy (non-hydrogen) atoms. The van der Waals surface area contributed by atoms with Crippen molar-refractivity contribution in [2.75, 3.05) is 0 Å². The fourth-order valence-corrected chi connectivity index (χ4v) is 1.10. The fourth-order valence-electron chi connectivity index (χ4n) is 1.10. The molecule has 0 radical (unpaired) electrons. The highest BCUT2D eigenvalue weighted by Gasteiger charge is 2.06. The highest BCUT2D eigenvalue weighted by Crippen LogP contribution is 2.19. The Labute approximate surface area is 87.5 Å². The van der Waals surface area contributed by atoms with Gasteiger partial charge in [0.15, 0.2) is 5.78 Å². The Morgan fingerprint density at radius 3 is 2.53 bits per heavy atom. The molecular weight excluding hydrogens is 196 g/mol. The number of esters is 1. The van der Waals surface area contributed by atoms with Crippen molar-refractivity contribution in [2.24, 2.45) is 0 Å². The van der Waals surface area contributed by atoms with Crippen molar-refractivity contribution < 1.29 is 19.4 Å². The van der Waals surface area contributed by atoms with Gasteiger partial charge in [0.25, 0.3) is 0 Å². The van der Waals surface area contributed by atoms with Crippen molar-refractivity contribution in [3.05, 3.63) is 29.3 Å². The molecule has 0 aromatic heterocycles. The summed E-state index contributed by atoms with van der Waals surface area (Å²) in [7, 11) is 0. The molecule has 0 unspecified atom stereocenters. The molecule has 4 nitrogen and oxygen atoms in total. The van der Waals surface area contributed by atoms with E-state index in [1.807, 2.05) is 0 Å². The van der Waals surface area contributed by atoms with E-state index in [9.17, 15) is 14.7 Å². The third-order valence-corrected chi connectivity index (χ3v) is 1.92. The van der Waals surface area contributed by atoms with Gasteiger partial charge in [-0.15, -0.1) is 0 Å². The van der Waals surface area contributed by atoms with E-state index >= 15 is 0 Å². The van der Waals surface area contributed by atoms with Crippen molar-refractivity contribution in [1.29, 1.82) is 0 Å². The van der Waals surface area contributed by atoms with Crippen LogP contribution in [0.1, 0.15) is 29.8 Å². The zero-order chi connectivity index (χ0) is 11.4. The first kappa shape index (κ1) is 11.2. The van der Waals surface area contributed by atoms with E-state index in [1.165, 1.54) is 32.0 Å². The van der Waals surface area contributed by atoms with E-state index in [-0.39, 0.29) is 18.1 Å². The summed E-state index contributed by atoms with van der Waals surface area (Å²) in [4.78, 5) is 21.6. The van der Waals surface area contributed by atoms with E-state index in [2.05, 4.69) is 0 Å². The summed E-state index contributed by atoms with van der Waals surface area (Å²) in [5.74, 6) is -0.511. The Morgan fingerprint density at radius 1 is 1.33 bits per heavy atom. The van der Waals surface area contributed by atoms with Crippen LogP contribution in [0.5, 0.6) is 5.75 Å². The predicted octanol–water partition coefficient (Wildman–Crippen LogP) is 1.66. The number of carbonyl (C=O) groups excluding carboxylic acids is 2. The largest absolute Gasteiger partial charge is 0.508 e. The van der Waals surface area contributed by atoms with E-state index in [4.69, 9.17) is 4.74 Å². The molecule has 0 aliphatic carbocycles. The molecule has 0 aliphatic rings. The van der Waals surface area contributed by atoms with Crippen LogP contribution in [0.2, 0.25) is 0 Å². The number of ketones is 1. The van der Waals surface area contributed by atoms with Crippen LogP contribution < -0.4 is 0 Å². The zero-order valence-electron chi connectivity index (χ0n) is 8.61. The van der Waals surface area contributed by atoms with Crippen LogP contribution in [0, 0.1) is 0 Å². The Kier molecular flexibility index (Phi) is 3.44. The first-order valence-electron chi connectivity index (χ1n) is 4.47. The monoisotopic (exact) mass is 208 g/mol. The Hall–Kier alpha value is -1.84. The normalized spacial score (nSPS) is 9.73. The number of hydrogen-bond acceptors (Lipinski definition) is 4. The summed E-state index contributed by atoms with van der Waals surface area (Å²) in [6.07, 6.45) is 0. The highest BCUT2D eigenvalue weighted by molar-refractivity contribution is 5.94. The topological polar surface area (TPSA) is 63.6 Å². The molecule has 80 valence electrons. The smallest absolute Gasteiger partial charge is 0.302 e. The molecule has 0 aliphatic heterocycles. The number of ether oxygens (including phenoxy) is 1. The quantitative estimate of drug-likeness (QED) is 0.606. The number of hydrogen-bond donors (Lipinski definition) is 1. The van der Waals surface area contributed by atoms with Crippen LogP contribution in [0.15, 0.2) is 18.2 Å². The minimum absolute atomic E-state index is 0.0150. The van der Waals surface area contributed by atoms with Crippen molar-refractivity contribution in [2.45, 2.75) is 20.5 Å². The molecule has 1 aromatic rings. The van der Waals surface area contributed by atoms with Gasteiger partial charge in [0.1, 0.15) is 12.4 Å². The maximum absolute atomic E-state index is 11.1. The summed E-state index contributed by atoms with van der Waals surface area (Å²) in [6, 6.07) is 4.45. The molecule has 0 atom stereocenters. The maximum atomic E-state index is 11.1. The summed E-state index contributed by atoms with van der Waals surface area (Å²) < 4.78 is 4.73. The lowest BCUT2D eigenvalue weighted by atomic mass is 10.1. The van der Waals surface area contributed by atoms with Gasteiger partial charge in [0.05, 0.1) is 0 Å². The number of rotatable bonds is 3. The predicted molar refractivity (Wildman–Crippen MR) is 53.6 cm³/mol. The molecule has 0 amide bonds. The fraction of sp³-hybridized carbons (Fsp3) is 0.273. The van der Waals surface area contributed by atoms with Crippen LogP contribution >= 0.6 is 0 Å². The number of aromatic hydroxyl groups is 1. The van der Waals surface area contributed by atoms with Crippen LogP contribution in [0.3, 0.4) is 0 Å². The first-order chi connectivity index (χ1) is 7.00. The van der Waals surface area contributed by atoms with Crippen molar-refractivity contribution in [3.63, 3.8) is 0 Å². The maximum Gasteiger partial charge on any atom is 0.302 e. The summed E-state index contributed by atoms with van der Waals surface area (Å²) in [5, 5.41) is 9.43. The van der Waals surface area contributed by atoms with Gasteiger partial charge in [-0.3, -0.25) is 9.59 Å². The lowest BCUT2D eigenvalue weighted by Gasteiger charge is -2.06. The van der Waals surface area contributed by atoms with E-state index in [0.717, 1.165) is 0 Å². The van der Waals surface area contributed by atoms with Gasteiger partial charge in [-0.2, -0.15) is 0 Å². The lowest BCUT2D eigenvalue weighted by Crippen LogP contribution is -2.01. The van der Waals surface area contributed by atoms with Gasteiger partial charge in [0.2, 0.25) is 0 Å². The zero-order valence-corrected chi connectivity index (χ0v) is 8.61. The van der Waals surface area contributed by atoms with Gasteiger partial charge in [-0.1, -0.05) is 0 Å². The van der Waals surface area contributed by atoms with Crippen LogP contribution in [-0.2, 0) is 16.1 Å². The summed E-state index contributed by atoms with van der Waals surface area (Å²) in [6.45, 7) is 2.69. The molecule has 1 N–H and O–H groups in total. The third kappa shape index (κ3) is 3.09. The number of phenolic OH excluding ortho intramolecular Hbond substituents is 1. The van der Waals surface area contributed by atoms with Gasteiger partial charge >= 0.3 is 5.97 Å². The van der Waals surface area contributed by atoms with Gasteiger partial charge in [-0.05, 0) is 25.1 Å². The molecule has 4 heteroatoms. The highest BCUT2D eigenvalue weighted by atomic mass is 16.5. The SMILES string of the molecule is CC(=O)OCc1cc(C(C)=O)ccc1O. The summed E-state index contributed by atoms with van der Waals surface area (Å²) in [5.41, 5.74) is 0.910. The Bertz CT molecular complexity index is 396. The number of carbonyl (C=O) groups is 2. The molecule has 0 heterocycles. The van der Waals surface area contributed by atoms with Crippen LogP contribution in [0.25, 0.3) is 0 Å². The average molecular weight is 208 g/mol. The number of Topliss-reactive ketones (excluding diaryl/α,β-unsaturated/α-hetero) is 1. The molecule has 1 rings (SSSR count). The second-order valence-corrected chi connectivity index (χ2v) is 3.18. The lowest BCUT2D eigenvalue weighted by molar-refractivity contribution is -0.142. The Morgan fingerprint density at radius 2 is 2.00 bits per heavy atom. The number of benzene rings is 1. The van der Waals surface area contributed by atoms with Crippen molar-refractivity contribution >= 4 is 11.8 Å². The molecular formula is C11H12O4. The van der Waals surface area contributed by atoms with E-state index < -0.39 is 5.97 Å². The van der Waals surface area contributed by atoms with Crippen molar-refractivity contribution in [1.82, 2.24) is 0 Å². The molecule has 1 aromatic carbocycles. The van der Waals surface area contributed by atoms with Crippen LogP contribution in [0.4, 0.5) is 0 Å². The minimum atomic E-state index is -0.428. The average Bonchev–Trinajstić information content (AvgIpc) is 2.16. The molecule has 0 bridgehead atoms. The first-order valence-corrected chi connectivity index (χ1v) is 4.47. The van der Waals surface area contributed by atoms with Crippen LogP contribution in [-0.4, -0.2) is 16.9 Å². The molecule has 0 spiro atoms. The number of phenols is 1. The molecule has 0 saturated carbocycles. The van der Waals surface area contributed by atoms with Gasteiger partial charge < -0.3 is 9.84 Å².